The Bertz CT molecular complexity index is 2490. The van der Waals surface area contributed by atoms with E-state index in [0.29, 0.717) is 17.8 Å². The molecule has 14 heteroatoms. The molecule has 326 valence electrons. The van der Waals surface area contributed by atoms with Gasteiger partial charge in [0.25, 0.3) is 0 Å². The van der Waals surface area contributed by atoms with E-state index < -0.39 is 0 Å². The van der Waals surface area contributed by atoms with Gasteiger partial charge in [-0.2, -0.15) is 0 Å². The van der Waals surface area contributed by atoms with Crippen LogP contribution in [0.15, 0.2) is 74.0 Å². The van der Waals surface area contributed by atoms with E-state index in [0.717, 1.165) is 68.2 Å². The highest BCUT2D eigenvalue weighted by molar-refractivity contribution is 5.85. The Morgan fingerprint density at radius 3 is 1.02 bits per heavy atom. The summed E-state index contributed by atoms with van der Waals surface area (Å²) < 4.78 is 6.87. The maximum absolute atomic E-state index is 4.55. The number of hydrogen-bond donors (Lipinski definition) is 3. The minimum atomic E-state index is 0. The number of aromatic amines is 3. The summed E-state index contributed by atoms with van der Waals surface area (Å²) in [6.45, 7) is 6.92. The first-order valence-electron chi connectivity index (χ1n) is 21.5. The Morgan fingerprint density at radius 1 is 0.443 bits per heavy atom. The molecule has 12 rings (SSSR count). The van der Waals surface area contributed by atoms with Crippen molar-refractivity contribution in [3.8, 4) is 0 Å². The standard InChI is InChI=1S/3C15H18N4.2CH4.2ClH/c3*1-2-10-4-3-5-11(10)13-8-17-14-9-18-15-12(19(13)14)6-7-16-15;;;;/h3*6-11,16H,2-5H2,1H3;2*1H4;2*1H/t3*10-,11?;;;;/m111..../s1. The quantitative estimate of drug-likeness (QED) is 0.152. The molecule has 0 amide bonds. The largest absolute Gasteiger partial charge is 0.345 e. The zero-order valence-electron chi connectivity index (χ0n) is 34.2. The molecule has 3 fully saturated rings. The highest BCUT2D eigenvalue weighted by atomic mass is 35.5. The van der Waals surface area contributed by atoms with Crippen molar-refractivity contribution in [2.75, 3.05) is 0 Å². The summed E-state index contributed by atoms with van der Waals surface area (Å²) >= 11 is 0. The molecule has 9 aromatic heterocycles. The number of imidazole rings is 3. The molecular weight excluding hydrogens is 804 g/mol. The van der Waals surface area contributed by atoms with Gasteiger partial charge in [-0.25, -0.2) is 29.9 Å². The Labute approximate surface area is 371 Å². The molecule has 3 aliphatic rings. The predicted molar refractivity (Wildman–Crippen MR) is 254 cm³/mol. The van der Waals surface area contributed by atoms with Gasteiger partial charge in [0.05, 0.1) is 35.1 Å². The lowest BCUT2D eigenvalue weighted by Gasteiger charge is -2.17. The topological polar surface area (TPSA) is 138 Å². The molecule has 9 heterocycles. The second kappa shape index (κ2) is 19.4. The molecule has 3 N–H and O–H groups in total. The van der Waals surface area contributed by atoms with Crippen molar-refractivity contribution < 1.29 is 0 Å². The number of nitrogens with one attached hydrogen (secondary N) is 3. The molecule has 3 unspecified atom stereocenters. The molecular formula is C47H64Cl2N12. The first-order valence-corrected chi connectivity index (χ1v) is 21.5. The lowest BCUT2D eigenvalue weighted by Crippen LogP contribution is -2.08. The minimum absolute atomic E-state index is 0. The first kappa shape index (κ1) is 45.6. The molecule has 0 radical (unpaired) electrons. The van der Waals surface area contributed by atoms with E-state index in [9.17, 15) is 0 Å². The maximum Gasteiger partial charge on any atom is 0.156 e. The number of hydrogen-bond acceptors (Lipinski definition) is 6. The van der Waals surface area contributed by atoms with Crippen molar-refractivity contribution in [1.82, 2.24) is 58.1 Å². The molecule has 9 aromatic rings. The highest BCUT2D eigenvalue weighted by Gasteiger charge is 2.32. The molecule has 3 saturated carbocycles. The number of H-pyrrole nitrogens is 3. The van der Waals surface area contributed by atoms with Crippen LogP contribution in [0.3, 0.4) is 0 Å². The lowest BCUT2D eigenvalue weighted by atomic mass is 9.91. The van der Waals surface area contributed by atoms with Crippen molar-refractivity contribution in [1.29, 1.82) is 0 Å². The van der Waals surface area contributed by atoms with E-state index in [-0.39, 0.29) is 39.7 Å². The minimum Gasteiger partial charge on any atom is -0.345 e. The summed E-state index contributed by atoms with van der Waals surface area (Å²) in [6.07, 6.45) is 33.4. The van der Waals surface area contributed by atoms with Crippen LogP contribution in [0.4, 0.5) is 0 Å². The highest BCUT2D eigenvalue weighted by Crippen LogP contribution is 2.44. The molecule has 0 aromatic carbocycles. The van der Waals surface area contributed by atoms with Gasteiger partial charge in [0.1, 0.15) is 0 Å². The van der Waals surface area contributed by atoms with Gasteiger partial charge in [-0.05, 0) is 74.5 Å². The van der Waals surface area contributed by atoms with Crippen LogP contribution in [0.1, 0.15) is 148 Å². The van der Waals surface area contributed by atoms with Gasteiger partial charge in [0, 0.05) is 72.0 Å². The van der Waals surface area contributed by atoms with E-state index in [1.165, 1.54) is 94.1 Å². The number of aromatic nitrogens is 12. The van der Waals surface area contributed by atoms with Gasteiger partial charge in [-0.3, -0.25) is 13.2 Å². The van der Waals surface area contributed by atoms with Crippen LogP contribution >= 0.6 is 24.8 Å². The maximum atomic E-state index is 4.55. The van der Waals surface area contributed by atoms with E-state index in [1.807, 2.05) is 37.2 Å². The monoisotopic (exact) mass is 866 g/mol. The zero-order chi connectivity index (χ0) is 38.5. The Kier molecular flexibility index (Phi) is 14.5. The number of halogens is 2. The summed E-state index contributed by atoms with van der Waals surface area (Å²) in [5.41, 5.74) is 13.2. The fraction of sp³-hybridized carbons (Fsp3) is 0.489. The van der Waals surface area contributed by atoms with Gasteiger partial charge in [0.2, 0.25) is 0 Å². The Morgan fingerprint density at radius 2 is 0.738 bits per heavy atom. The van der Waals surface area contributed by atoms with Crippen molar-refractivity contribution >= 4 is 75.2 Å². The molecule has 12 nitrogen and oxygen atoms in total. The first-order chi connectivity index (χ1) is 28.1. The SMILES string of the molecule is C.C.CC[C@@H]1CCCC1c1cnc2cnc3[nH]ccc3n12.CC[C@@H]1CCCC1c1cnc2cnc3[nH]ccc3n12.CC[C@@H]1CCCC1c1cnc2cnc3[nH]ccc3n12.Cl.Cl. The summed E-state index contributed by atoms with van der Waals surface area (Å²) in [7, 11) is 0. The lowest BCUT2D eigenvalue weighted by molar-refractivity contribution is 0.461. The van der Waals surface area contributed by atoms with Gasteiger partial charge in [0.15, 0.2) is 33.9 Å². The summed E-state index contributed by atoms with van der Waals surface area (Å²) in [5, 5.41) is 0. The van der Waals surface area contributed by atoms with Crippen LogP contribution < -0.4 is 0 Å². The molecule has 0 spiro atoms. The number of fused-ring (bicyclic) bond motifs is 9. The van der Waals surface area contributed by atoms with Crippen molar-refractivity contribution in [2.24, 2.45) is 17.8 Å². The summed E-state index contributed by atoms with van der Waals surface area (Å²) in [4.78, 5) is 36.4. The smallest absolute Gasteiger partial charge is 0.156 e. The molecule has 0 bridgehead atoms. The molecule has 0 saturated heterocycles. The molecule has 61 heavy (non-hydrogen) atoms. The second-order valence-corrected chi connectivity index (χ2v) is 16.7. The Hall–Kier alpha value is -4.94. The van der Waals surface area contributed by atoms with E-state index in [2.05, 4.69) is 116 Å². The van der Waals surface area contributed by atoms with Crippen LogP contribution in [0.2, 0.25) is 0 Å². The van der Waals surface area contributed by atoms with Crippen LogP contribution in [-0.2, 0) is 0 Å². The van der Waals surface area contributed by atoms with Crippen LogP contribution in [0, 0.1) is 17.8 Å². The zero-order valence-corrected chi connectivity index (χ0v) is 35.9. The van der Waals surface area contributed by atoms with Crippen LogP contribution in [0.5, 0.6) is 0 Å². The van der Waals surface area contributed by atoms with Gasteiger partial charge >= 0.3 is 0 Å². The third-order valence-corrected chi connectivity index (χ3v) is 13.9. The van der Waals surface area contributed by atoms with E-state index >= 15 is 0 Å². The van der Waals surface area contributed by atoms with Gasteiger partial charge in [-0.1, -0.05) is 74.1 Å². The van der Waals surface area contributed by atoms with Crippen molar-refractivity contribution in [3.05, 3.63) is 91.1 Å². The normalized spacial score (nSPS) is 22.1. The van der Waals surface area contributed by atoms with Crippen molar-refractivity contribution in [2.45, 2.75) is 130 Å². The van der Waals surface area contributed by atoms with Crippen LogP contribution in [-0.4, -0.2) is 58.1 Å². The fourth-order valence-electron chi connectivity index (χ4n) is 11.0. The third-order valence-electron chi connectivity index (χ3n) is 13.9. The second-order valence-electron chi connectivity index (χ2n) is 16.7. The fourth-order valence-corrected chi connectivity index (χ4v) is 11.0. The van der Waals surface area contributed by atoms with Gasteiger partial charge < -0.3 is 15.0 Å². The third kappa shape index (κ3) is 8.02. The average molecular weight is 868 g/mol. The molecule has 0 aliphatic heterocycles. The van der Waals surface area contributed by atoms with Crippen LogP contribution in [0.25, 0.3) is 50.4 Å². The molecule has 6 atom stereocenters. The number of rotatable bonds is 6. The van der Waals surface area contributed by atoms with E-state index in [1.54, 1.807) is 0 Å². The van der Waals surface area contributed by atoms with Crippen molar-refractivity contribution in [3.63, 3.8) is 0 Å². The Balaban J connectivity index is 0.000000148. The number of nitrogens with zero attached hydrogens (tertiary/aromatic N) is 9. The predicted octanol–water partition coefficient (Wildman–Crippen LogP) is 12.6. The van der Waals surface area contributed by atoms with E-state index in [4.69, 9.17) is 0 Å². The summed E-state index contributed by atoms with van der Waals surface area (Å²) in [6, 6.07) is 6.28. The average Bonchev–Trinajstić information content (AvgIpc) is 4.09. The summed E-state index contributed by atoms with van der Waals surface area (Å²) in [5.74, 6) is 4.38. The van der Waals surface area contributed by atoms with Gasteiger partial charge in [-0.15, -0.1) is 24.8 Å². The molecule has 3 aliphatic carbocycles.